The van der Waals surface area contributed by atoms with E-state index in [1.54, 1.807) is 204 Å². The fourth-order valence-corrected chi connectivity index (χ4v) is 11.7. The summed E-state index contributed by atoms with van der Waals surface area (Å²) < 4.78 is 43.4. The predicted octanol–water partition coefficient (Wildman–Crippen LogP) is 16.7. The third kappa shape index (κ3) is 25.6. The van der Waals surface area contributed by atoms with Crippen LogP contribution in [-0.4, -0.2) is 151 Å². The molecule has 0 fully saturated rings. The number of hydrogen-bond donors (Lipinski definition) is 6. The number of nitrogens with two attached hydrogens (primary N) is 1. The molecule has 0 saturated heterocycles. The molecule has 34 heteroatoms. The van der Waals surface area contributed by atoms with Gasteiger partial charge in [0.25, 0.3) is 28.9 Å². The molecule has 0 radical (unpaired) electrons. The lowest BCUT2D eigenvalue weighted by atomic mass is 10.1. The first-order chi connectivity index (χ1) is 59.7. The van der Waals surface area contributed by atoms with Gasteiger partial charge in [-0.15, -0.1) is 0 Å². The lowest BCUT2D eigenvalue weighted by molar-refractivity contribution is 0.0591. The fourth-order valence-electron chi connectivity index (χ4n) is 10.9. The largest absolute Gasteiger partial charge is 0.506 e. The number of anilines is 5. The summed E-state index contributed by atoms with van der Waals surface area (Å²) in [5.74, 6) is 2.58. The maximum atomic E-state index is 13.1. The van der Waals surface area contributed by atoms with Gasteiger partial charge in [0.05, 0.1) is 78.9 Å². The van der Waals surface area contributed by atoms with Crippen LogP contribution in [-0.2, 0) is 9.47 Å². The van der Waals surface area contributed by atoms with E-state index in [1.165, 1.54) is 51.0 Å². The van der Waals surface area contributed by atoms with E-state index in [0.29, 0.717) is 110 Å². The highest BCUT2D eigenvalue weighted by Gasteiger charge is 2.31. The Balaban J connectivity index is 0.000000157. The highest BCUT2D eigenvalue weighted by atomic mass is 79.9. The number of nitrogens with one attached hydrogen (secondary N) is 2. The summed E-state index contributed by atoms with van der Waals surface area (Å²) >= 11 is 19.7. The number of amides is 4. The third-order valence-electron chi connectivity index (χ3n) is 16.9. The number of para-hydroxylation sites is 8. The van der Waals surface area contributed by atoms with Crippen molar-refractivity contribution in [2.24, 2.45) is 0 Å². The van der Waals surface area contributed by atoms with E-state index in [2.05, 4.69) is 65.9 Å². The lowest BCUT2D eigenvalue weighted by Gasteiger charge is -2.22. The molecular formula is C89H73BrCl3N11O19. The van der Waals surface area contributed by atoms with Crippen LogP contribution in [0.15, 0.2) is 280 Å². The number of methoxy groups -OCH3 is 2. The molecule has 0 saturated carbocycles. The minimum atomic E-state index is -0.585. The molecule has 0 bridgehead atoms. The number of nitrogens with zero attached hydrogens (tertiary/aromatic N) is 8. The number of aliphatic hydroxyl groups excluding tert-OH is 1. The summed E-state index contributed by atoms with van der Waals surface area (Å²) in [6.45, 7) is 1.18. The van der Waals surface area contributed by atoms with E-state index < -0.39 is 23.7 Å². The van der Waals surface area contributed by atoms with Crippen molar-refractivity contribution >= 4 is 126 Å². The van der Waals surface area contributed by atoms with Gasteiger partial charge in [0.1, 0.15) is 69.8 Å². The Morgan fingerprint density at radius 1 is 0.463 bits per heavy atom. The molecule has 13 aromatic rings. The predicted molar refractivity (Wildman–Crippen MR) is 462 cm³/mol. The highest BCUT2D eigenvalue weighted by molar-refractivity contribution is 9.09. The maximum absolute atomic E-state index is 13.1. The number of benzene rings is 7. The number of aromatic nitrogens is 6. The average Bonchev–Trinajstić information content (AvgIpc) is 1.68. The van der Waals surface area contributed by atoms with Crippen LogP contribution in [0.3, 0.4) is 0 Å². The van der Waals surface area contributed by atoms with Crippen molar-refractivity contribution in [3.63, 3.8) is 0 Å². The van der Waals surface area contributed by atoms with E-state index in [1.807, 2.05) is 48.5 Å². The van der Waals surface area contributed by atoms with Crippen LogP contribution in [0.1, 0.15) is 82.9 Å². The minimum Gasteiger partial charge on any atom is -0.506 e. The number of hydrogen-bond acceptors (Lipinski definition) is 26. The highest BCUT2D eigenvalue weighted by Crippen LogP contribution is 2.40. The Hall–Kier alpha value is -14.9. The molecule has 7 N–H and O–H groups in total. The van der Waals surface area contributed by atoms with Gasteiger partial charge in [-0.25, -0.2) is 39.5 Å². The number of phenolic OH excluding ortho intramolecular Hbond substituents is 1. The number of nitrogen functional groups attached to an aromatic ring is 1. The van der Waals surface area contributed by atoms with Crippen molar-refractivity contribution in [2.75, 3.05) is 85.2 Å². The molecule has 3 aliphatic rings. The number of carbonyl (C=O) groups is 8. The monoisotopic (exact) mass is 1780 g/mol. The van der Waals surface area contributed by atoms with Gasteiger partial charge in [0.15, 0.2) is 34.6 Å². The number of ketones is 1. The van der Waals surface area contributed by atoms with Gasteiger partial charge in [-0.1, -0.05) is 87.7 Å². The molecule has 7 aromatic carbocycles. The summed E-state index contributed by atoms with van der Waals surface area (Å²) in [5, 5.41) is 32.9. The minimum absolute atomic E-state index is 0.000799. The Labute approximate surface area is 726 Å². The van der Waals surface area contributed by atoms with Crippen molar-refractivity contribution in [3.05, 3.63) is 335 Å². The SMILES string of the molecule is COC(=O)c1ccc(OCCBr)cc1.COC(=O)c1ccc(OCCN2C(=O)c3cccnc3Oc3ccccc32)cc1.Nc1ncccc1O.O=C(CO)c1ccc(OCCN2C(=O)c3cccnc3Oc3ccccc32)cc1.O=C(Cl)c1cccnc1Cl.O=C(Nc1ccccc1O)c1cccnc1Cl.O=C1Nc2ccccc2Oc2ncccc21. The topological polar surface area (TPSA) is 405 Å². The Morgan fingerprint density at radius 2 is 0.862 bits per heavy atom. The van der Waals surface area contributed by atoms with Crippen molar-refractivity contribution in [1.29, 1.82) is 0 Å². The van der Waals surface area contributed by atoms with Crippen LogP contribution in [0.25, 0.3) is 0 Å². The molecule has 0 aliphatic carbocycles. The van der Waals surface area contributed by atoms with Gasteiger partial charge in [-0.3, -0.25) is 28.8 Å². The number of aromatic hydroxyl groups is 2. The normalized spacial score (nSPS) is 11.3. The number of esters is 2. The van der Waals surface area contributed by atoms with Gasteiger partial charge in [-0.05, 0) is 206 Å². The number of halogens is 4. The van der Waals surface area contributed by atoms with Gasteiger partial charge < -0.3 is 79.4 Å². The molecule has 6 aromatic heterocycles. The van der Waals surface area contributed by atoms with Crippen LogP contribution in [0.2, 0.25) is 10.3 Å². The van der Waals surface area contributed by atoms with Crippen LogP contribution >= 0.6 is 50.7 Å². The number of carbonyl (C=O) groups excluding carboxylic acids is 8. The number of phenols is 1. The molecule has 0 spiro atoms. The number of alkyl halides is 1. The zero-order valence-electron chi connectivity index (χ0n) is 65.0. The number of fused-ring (bicyclic) bond motifs is 6. The standard InChI is InChI=1S/2C22H18N2O5.C12H9ClN2O2.C12H8N2O2.C10H11BrO3.C6H3Cl2NO.C5H6N2O/c1-27-22(26)15-8-10-16(11-9-15)28-14-13-24-18-6-2-3-7-19(18)29-20-17(21(24)25)5-4-12-23-20;25-14-19(26)15-7-9-16(10-8-15)28-13-12-24-18-5-1-2-6-20(18)29-21-17(22(24)27)4-3-11-23-21;13-11-8(4-3-7-14-11)12(17)15-9-5-1-2-6-10(9)16;15-11-8-4-3-7-13-12(8)16-10-6-2-1-5-9(10)14-11;1-13-10(12)8-2-4-9(5-3-8)14-7-6-11;7-5-4(6(8)10)2-1-3-9-5;6-5-4(8)2-1-3-7-5/h2-12H,13-14H2,1H3;1-11,25H,12-14H2;1-7,16H,(H,15,17);1-7H,(H,14,15);2-5H,6-7H2,1H3;1-3H;1-3,8H,(H2,6,7). The molecule has 0 unspecified atom stereocenters. The van der Waals surface area contributed by atoms with Crippen molar-refractivity contribution < 1.29 is 91.6 Å². The summed E-state index contributed by atoms with van der Waals surface area (Å²) in [6, 6.07) is 67.8. The average molecular weight is 1790 g/mol. The van der Waals surface area contributed by atoms with Gasteiger partial charge in [0.2, 0.25) is 17.6 Å². The molecule has 626 valence electrons. The second kappa shape index (κ2) is 45.9. The summed E-state index contributed by atoms with van der Waals surface area (Å²) in [6.07, 6.45) is 9.28. The Kier molecular flexibility index (Phi) is 33.7. The number of pyridine rings is 6. The van der Waals surface area contributed by atoms with E-state index in [-0.39, 0.29) is 93.2 Å². The van der Waals surface area contributed by atoms with Gasteiger partial charge in [-0.2, -0.15) is 0 Å². The molecule has 4 amide bonds. The maximum Gasteiger partial charge on any atom is 0.337 e. The number of ether oxygens (including phenoxy) is 8. The van der Waals surface area contributed by atoms with E-state index in [4.69, 9.17) is 79.2 Å². The van der Waals surface area contributed by atoms with Gasteiger partial charge >= 0.3 is 11.9 Å². The quantitative estimate of drug-likeness (QED) is 0.0116. The smallest absolute Gasteiger partial charge is 0.337 e. The van der Waals surface area contributed by atoms with Crippen molar-refractivity contribution in [1.82, 2.24) is 29.9 Å². The van der Waals surface area contributed by atoms with Crippen LogP contribution in [0.5, 0.6) is 63.6 Å². The van der Waals surface area contributed by atoms with E-state index in [0.717, 1.165) is 11.1 Å². The number of Topliss-reactive ketones (excluding diaryl/α,β-unsaturated/α-hetero) is 1. The summed E-state index contributed by atoms with van der Waals surface area (Å²) in [5.41, 5.74) is 10.6. The number of aliphatic hydroxyl groups is 1. The lowest BCUT2D eigenvalue weighted by Crippen LogP contribution is -2.34. The molecular weight excluding hydrogens is 1710 g/mol. The van der Waals surface area contributed by atoms with Crippen LogP contribution in [0, 0.1) is 0 Å². The van der Waals surface area contributed by atoms with Crippen LogP contribution in [0.4, 0.5) is 28.6 Å². The molecule has 3 aliphatic heterocycles. The fraction of sp³-hybridized carbons (Fsp3) is 0.101. The van der Waals surface area contributed by atoms with Gasteiger partial charge in [0, 0.05) is 48.1 Å². The molecule has 0 atom stereocenters. The summed E-state index contributed by atoms with van der Waals surface area (Å²) in [4.78, 5) is 121. The number of rotatable bonds is 18. The van der Waals surface area contributed by atoms with E-state index in [9.17, 15) is 43.5 Å². The Bertz CT molecular complexity index is 5660. The molecule has 123 heavy (non-hydrogen) atoms. The first-order valence-electron chi connectivity index (χ1n) is 36.7. The Morgan fingerprint density at radius 3 is 1.31 bits per heavy atom. The second-order valence-electron chi connectivity index (χ2n) is 24.9. The van der Waals surface area contributed by atoms with Crippen molar-refractivity contribution in [3.8, 4) is 63.6 Å². The summed E-state index contributed by atoms with van der Waals surface area (Å²) in [7, 11) is 2.69. The first-order valence-corrected chi connectivity index (χ1v) is 39.0. The zero-order valence-corrected chi connectivity index (χ0v) is 68.9. The van der Waals surface area contributed by atoms with Crippen molar-refractivity contribution in [2.45, 2.75) is 0 Å². The zero-order chi connectivity index (χ0) is 87.6. The second-order valence-corrected chi connectivity index (χ2v) is 26.7. The first kappa shape index (κ1) is 90.4. The molecule has 30 nitrogen and oxygen atoms in total. The molecule has 16 rings (SSSR count). The van der Waals surface area contributed by atoms with E-state index >= 15 is 0 Å². The van der Waals surface area contributed by atoms with Crippen LogP contribution < -0.4 is 54.6 Å². The molecule has 9 heterocycles. The third-order valence-corrected chi connectivity index (χ3v) is 18.0.